The molecule has 3 unspecified atom stereocenters. The normalized spacial score (nSPS) is 23.8. The summed E-state index contributed by atoms with van der Waals surface area (Å²) in [4.78, 5) is 82.7. The van der Waals surface area contributed by atoms with Crippen molar-refractivity contribution in [3.63, 3.8) is 0 Å². The van der Waals surface area contributed by atoms with Crippen molar-refractivity contribution in [2.75, 3.05) is 26.4 Å². The van der Waals surface area contributed by atoms with Crippen LogP contribution in [0.15, 0.2) is 43.7 Å². The van der Waals surface area contributed by atoms with Crippen molar-refractivity contribution in [2.24, 2.45) is 0 Å². The molecule has 2 aliphatic heterocycles. The summed E-state index contributed by atoms with van der Waals surface area (Å²) in [6, 6.07) is 0. The summed E-state index contributed by atoms with van der Waals surface area (Å²) in [7, 11) is -5.77. The van der Waals surface area contributed by atoms with Crippen LogP contribution in [-0.2, 0) is 32.4 Å². The Hall–Kier alpha value is -3.79. The minimum absolute atomic E-state index is 0.0635. The first-order chi connectivity index (χ1) is 31.1. The van der Waals surface area contributed by atoms with Crippen LogP contribution in [0.25, 0.3) is 0 Å². The molecule has 3 aliphatic rings. The molecule has 0 radical (unpaired) electrons. The van der Waals surface area contributed by atoms with Gasteiger partial charge in [0.1, 0.15) is 43.5 Å². The van der Waals surface area contributed by atoms with E-state index in [1.54, 1.807) is 6.92 Å². The maximum absolute atomic E-state index is 11.9. The summed E-state index contributed by atoms with van der Waals surface area (Å²) >= 11 is 0. The molecule has 2 fully saturated rings. The number of carbonyl (C=O) groups excluding carboxylic acids is 1. The molecule has 366 valence electrons. The number of nitrogens with zero attached hydrogens (tertiary/aromatic N) is 2. The third-order valence-electron chi connectivity index (χ3n) is 10.9. The molecule has 0 bridgehead atoms. The van der Waals surface area contributed by atoms with Crippen LogP contribution < -0.4 is 37.6 Å². The Morgan fingerprint density at radius 1 is 0.769 bits per heavy atom. The second kappa shape index (κ2) is 30.5. The topological polar surface area (TPSA) is 326 Å². The molecule has 1 amide bonds. The number of allylic oxidation sites excluding steroid dienone is 2. The second-order valence-electron chi connectivity index (χ2n) is 16.0. The lowest BCUT2D eigenvalue weighted by Gasteiger charge is -2.18. The van der Waals surface area contributed by atoms with Gasteiger partial charge in [-0.3, -0.25) is 28.7 Å². The number of aromatic amines is 2. The lowest BCUT2D eigenvalue weighted by Crippen LogP contribution is -2.33. The van der Waals surface area contributed by atoms with E-state index >= 15 is 0 Å². The molecule has 9 atom stereocenters. The Morgan fingerprint density at radius 2 is 1.29 bits per heavy atom. The number of rotatable bonds is 21. The highest BCUT2D eigenvalue weighted by atomic mass is 31.1. The molecular formula is C41H65N5O17P2. The first-order valence-electron chi connectivity index (χ1n) is 22.2. The monoisotopic (exact) mass is 961 g/mol. The van der Waals surface area contributed by atoms with Gasteiger partial charge in [0.2, 0.25) is 0 Å². The zero-order chi connectivity index (χ0) is 47.7. The van der Waals surface area contributed by atoms with Crippen LogP contribution in [0.4, 0.5) is 4.79 Å². The van der Waals surface area contributed by atoms with Crippen molar-refractivity contribution in [3.8, 4) is 0 Å². The molecule has 22 nitrogen and oxygen atoms in total. The van der Waals surface area contributed by atoms with Crippen LogP contribution in [0.5, 0.6) is 0 Å². The van der Waals surface area contributed by atoms with Crippen molar-refractivity contribution < 1.29 is 62.3 Å². The molecule has 0 saturated carbocycles. The van der Waals surface area contributed by atoms with Gasteiger partial charge in [0.05, 0.1) is 19.3 Å². The highest BCUT2D eigenvalue weighted by molar-refractivity contribution is 7.30. The Kier molecular flexibility index (Phi) is 26.0. The number of carbonyl (C=O) groups is 1. The van der Waals surface area contributed by atoms with Gasteiger partial charge in [-0.1, -0.05) is 63.5 Å². The summed E-state index contributed by atoms with van der Waals surface area (Å²) in [5.74, 6) is 0. The van der Waals surface area contributed by atoms with Gasteiger partial charge in [-0.2, -0.15) is 0 Å². The average Bonchev–Trinajstić information content (AvgIpc) is 3.83. The number of H-pyrrole nitrogens is 2. The van der Waals surface area contributed by atoms with E-state index in [-0.39, 0.29) is 31.6 Å². The molecule has 5 rings (SSSR count). The van der Waals surface area contributed by atoms with E-state index in [1.165, 1.54) is 56.0 Å². The number of nitrogens with one attached hydrogen (secondary N) is 3. The first-order valence-corrected chi connectivity index (χ1v) is 24.3. The standard InChI is InChI=1S/C21H38NO5P.C10H13N2O7P.C10H14N2O5/c23-21(27-20-16-12-8-7-9-13-17-20)22-18-14-10-5-3-1-2-4-6-11-15-19-26-28(24)25;1-5-3-12(10(15)11-9(5)14)8-2-6(19-20(16)17)7(4-13)18-8;1-5-3-12(10(16)11-9(5)15)8-2-6(14)7(4-13)17-8/h7-8,20H,1-6,9-19H2,(H,22,23);3,6-8,13H,2,4H2,1H3,(H,11,14,15);3,6-8,13-14H,2,4H2,1H3,(H,11,15,16)/b8-7+;;/t;2*6-,7-,8-/m.11/s1. The van der Waals surface area contributed by atoms with Gasteiger partial charge in [0, 0.05) is 42.9 Å². The zero-order valence-electron chi connectivity index (χ0n) is 37.0. The third-order valence-corrected chi connectivity index (χ3v) is 11.7. The van der Waals surface area contributed by atoms with Crippen LogP contribution in [0.2, 0.25) is 0 Å². The number of unbranched alkanes of at least 4 members (excludes halogenated alkanes) is 9. The maximum Gasteiger partial charge on any atom is 0.488 e. The lowest BCUT2D eigenvalue weighted by atomic mass is 10.0. The fourth-order valence-corrected chi connectivity index (χ4v) is 8.04. The minimum atomic E-state index is -3.09. The molecule has 2 saturated heterocycles. The van der Waals surface area contributed by atoms with Crippen LogP contribution >= 0.6 is 16.5 Å². The second-order valence-corrected chi connectivity index (χ2v) is 17.4. The van der Waals surface area contributed by atoms with E-state index in [0.29, 0.717) is 24.3 Å². The first kappa shape index (κ1) is 55.5. The number of hydrogen-bond donors (Lipinski definition) is 6. The molecule has 24 heteroatoms. The molecule has 2 aromatic rings. The molecule has 2 aromatic heterocycles. The summed E-state index contributed by atoms with van der Waals surface area (Å²) in [6.45, 7) is 3.36. The predicted octanol–water partition coefficient (Wildman–Crippen LogP) is 2.55. The van der Waals surface area contributed by atoms with Crippen molar-refractivity contribution in [1.82, 2.24) is 24.4 Å². The predicted molar refractivity (Wildman–Crippen MR) is 232 cm³/mol. The van der Waals surface area contributed by atoms with E-state index in [0.717, 1.165) is 68.8 Å². The highest BCUT2D eigenvalue weighted by Crippen LogP contribution is 2.33. The molecule has 0 aromatic carbocycles. The Morgan fingerprint density at radius 3 is 1.83 bits per heavy atom. The van der Waals surface area contributed by atoms with Gasteiger partial charge in [-0.15, -0.1) is 9.05 Å². The average molecular weight is 962 g/mol. The zero-order valence-corrected chi connectivity index (χ0v) is 38.8. The van der Waals surface area contributed by atoms with Crippen LogP contribution in [0, 0.1) is 13.8 Å². The number of amides is 1. The van der Waals surface area contributed by atoms with E-state index in [1.807, 2.05) is 0 Å². The van der Waals surface area contributed by atoms with Crippen LogP contribution in [-0.4, -0.2) is 97.4 Å². The number of aryl methyl sites for hydroxylation is 2. The lowest BCUT2D eigenvalue weighted by molar-refractivity contribution is -0.191. The maximum atomic E-state index is 11.9. The summed E-state index contributed by atoms with van der Waals surface area (Å²) in [5, 5.41) is 30.5. The number of hydrogen-bond acceptors (Lipinski definition) is 17. The fourth-order valence-electron chi connectivity index (χ4n) is 7.31. The fraction of sp³-hybridized carbons (Fsp3) is 0.732. The number of aliphatic hydroxyl groups is 3. The highest BCUT2D eigenvalue weighted by Gasteiger charge is 2.40. The molecule has 6 N–H and O–H groups in total. The molecule has 4 heterocycles. The largest absolute Gasteiger partial charge is 0.566 e. The van der Waals surface area contributed by atoms with Crippen LogP contribution in [0.3, 0.4) is 0 Å². The van der Waals surface area contributed by atoms with Crippen molar-refractivity contribution in [3.05, 3.63) is 77.3 Å². The SMILES string of the molecule is Cc1cn([C@H]2C[C@@H](O)[C@@H](CO)O2)c(=O)[nH]c1=O.Cc1cn([C@H]2C[C@@H](O[P+](=O)[O-])[C@@H](CO)O2)c(=O)[nH]c1=O.O=C(NCCCCCCCCCCCCO[P+](=O)[O-])OC1CC/C=C/CCC1. The number of aliphatic hydroxyl groups excluding tert-OH is 3. The van der Waals surface area contributed by atoms with Crippen LogP contribution in [0.1, 0.15) is 133 Å². The molecule has 0 spiro atoms. The van der Waals surface area contributed by atoms with Crippen molar-refractivity contribution in [2.45, 2.75) is 166 Å². The van der Waals surface area contributed by atoms with Gasteiger partial charge in [0.15, 0.2) is 0 Å². The Labute approximate surface area is 378 Å². The van der Waals surface area contributed by atoms with E-state index < -0.39 is 82.5 Å². The minimum Gasteiger partial charge on any atom is -0.566 e. The van der Waals surface area contributed by atoms with E-state index in [9.17, 15) is 48.0 Å². The summed E-state index contributed by atoms with van der Waals surface area (Å²) < 4.78 is 48.6. The number of aromatic nitrogens is 4. The van der Waals surface area contributed by atoms with Gasteiger partial charge < -0.3 is 44.6 Å². The number of ether oxygens (including phenoxy) is 3. The summed E-state index contributed by atoms with van der Waals surface area (Å²) in [5.41, 5.74) is -1.50. The van der Waals surface area contributed by atoms with Gasteiger partial charge in [0.25, 0.3) is 11.1 Å². The van der Waals surface area contributed by atoms with E-state index in [4.69, 9.17) is 24.4 Å². The number of alkyl carbamates (subject to hydrolysis) is 1. The van der Waals surface area contributed by atoms with Crippen molar-refractivity contribution in [1.29, 1.82) is 0 Å². The Bertz CT molecular complexity index is 2040. The molecule has 1 aliphatic carbocycles. The quantitative estimate of drug-likeness (QED) is 0.0595. The van der Waals surface area contributed by atoms with Crippen molar-refractivity contribution >= 4 is 22.6 Å². The molecular weight excluding hydrogens is 896 g/mol. The molecule has 65 heavy (non-hydrogen) atoms. The van der Waals surface area contributed by atoms with Gasteiger partial charge >= 0.3 is 34.0 Å². The summed E-state index contributed by atoms with van der Waals surface area (Å²) in [6.07, 6.45) is 18.8. The Balaban J connectivity index is 0.000000268. The van der Waals surface area contributed by atoms with Gasteiger partial charge in [-0.05, 0) is 67.9 Å². The smallest absolute Gasteiger partial charge is 0.488 e. The van der Waals surface area contributed by atoms with Gasteiger partial charge in [-0.25, -0.2) is 14.4 Å². The van der Waals surface area contributed by atoms with E-state index in [2.05, 4.69) is 36.5 Å². The third kappa shape index (κ3) is 20.7.